The van der Waals surface area contributed by atoms with Crippen LogP contribution in [0.2, 0.25) is 0 Å². The molecule has 2 rings (SSSR count). The molecule has 0 radical (unpaired) electrons. The molecular formula is C15H24N2O3S. The monoisotopic (exact) mass is 312 g/mol. The lowest BCUT2D eigenvalue weighted by atomic mass is 10.0. The summed E-state index contributed by atoms with van der Waals surface area (Å²) < 4.78 is 27.1. The molecule has 0 amide bonds. The van der Waals surface area contributed by atoms with Gasteiger partial charge in [-0.15, -0.1) is 0 Å². The van der Waals surface area contributed by atoms with Crippen LogP contribution in [-0.2, 0) is 16.4 Å². The summed E-state index contributed by atoms with van der Waals surface area (Å²) in [5.41, 5.74) is 1.64. The van der Waals surface area contributed by atoms with Crippen LogP contribution in [0.25, 0.3) is 0 Å². The molecule has 1 fully saturated rings. The number of nitrogens with one attached hydrogen (secondary N) is 2. The van der Waals surface area contributed by atoms with Crippen LogP contribution in [0.5, 0.6) is 0 Å². The summed E-state index contributed by atoms with van der Waals surface area (Å²) in [4.78, 5) is 0. The van der Waals surface area contributed by atoms with E-state index in [9.17, 15) is 8.42 Å². The lowest BCUT2D eigenvalue weighted by Crippen LogP contribution is -2.35. The summed E-state index contributed by atoms with van der Waals surface area (Å²) in [5, 5.41) is 12.1. The molecule has 0 aromatic heterocycles. The number of anilines is 1. The van der Waals surface area contributed by atoms with E-state index < -0.39 is 10.0 Å². The highest BCUT2D eigenvalue weighted by Crippen LogP contribution is 2.17. The Morgan fingerprint density at radius 1 is 1.38 bits per heavy atom. The number of aliphatic hydroxyl groups is 1. The maximum absolute atomic E-state index is 12.2. The van der Waals surface area contributed by atoms with Gasteiger partial charge in [-0.25, -0.2) is 8.42 Å². The predicted octanol–water partition coefficient (Wildman–Crippen LogP) is 1.35. The van der Waals surface area contributed by atoms with Crippen LogP contribution in [0.4, 0.5) is 5.69 Å². The third kappa shape index (κ3) is 5.65. The van der Waals surface area contributed by atoms with Crippen molar-refractivity contribution in [3.05, 3.63) is 29.8 Å². The van der Waals surface area contributed by atoms with Gasteiger partial charge in [-0.2, -0.15) is 0 Å². The summed E-state index contributed by atoms with van der Waals surface area (Å²) in [6, 6.07) is 7.39. The van der Waals surface area contributed by atoms with E-state index in [-0.39, 0.29) is 18.3 Å². The van der Waals surface area contributed by atoms with Crippen molar-refractivity contribution in [3.63, 3.8) is 0 Å². The quantitative estimate of drug-likeness (QED) is 0.710. The first-order chi connectivity index (χ1) is 10.1. The maximum atomic E-state index is 12.2. The first-order valence-electron chi connectivity index (χ1n) is 7.50. The van der Waals surface area contributed by atoms with E-state index in [0.717, 1.165) is 37.9 Å². The highest BCUT2D eigenvalue weighted by Gasteiger charge is 2.21. The minimum atomic E-state index is -3.31. The highest BCUT2D eigenvalue weighted by atomic mass is 32.2. The lowest BCUT2D eigenvalue weighted by molar-refractivity contribution is 0.288. The van der Waals surface area contributed by atoms with Crippen LogP contribution in [0.15, 0.2) is 24.3 Å². The minimum absolute atomic E-state index is 0.143. The summed E-state index contributed by atoms with van der Waals surface area (Å²) in [6.45, 7) is 1.90. The number of hydrogen-bond acceptors (Lipinski definition) is 4. The molecule has 1 aromatic rings. The fourth-order valence-corrected chi connectivity index (χ4v) is 4.15. The Morgan fingerprint density at radius 2 is 2.24 bits per heavy atom. The Bertz CT molecular complexity index is 540. The second-order valence-corrected chi connectivity index (χ2v) is 7.39. The van der Waals surface area contributed by atoms with Gasteiger partial charge in [-0.1, -0.05) is 12.1 Å². The molecule has 1 atom stereocenters. The fourth-order valence-electron chi connectivity index (χ4n) is 2.67. The summed E-state index contributed by atoms with van der Waals surface area (Å²) in [7, 11) is -3.31. The van der Waals surface area contributed by atoms with Gasteiger partial charge in [0, 0.05) is 12.3 Å². The zero-order valence-corrected chi connectivity index (χ0v) is 13.0. The Labute approximate surface area is 126 Å². The van der Waals surface area contributed by atoms with Gasteiger partial charge in [0.2, 0.25) is 10.0 Å². The van der Waals surface area contributed by atoms with E-state index in [1.54, 1.807) is 6.07 Å². The average molecular weight is 312 g/mol. The van der Waals surface area contributed by atoms with Crippen LogP contribution in [0.1, 0.15) is 24.8 Å². The average Bonchev–Trinajstić information content (AvgIpc) is 2.45. The van der Waals surface area contributed by atoms with Gasteiger partial charge in [0.25, 0.3) is 0 Å². The van der Waals surface area contributed by atoms with Gasteiger partial charge in [0.05, 0.1) is 5.75 Å². The van der Waals surface area contributed by atoms with E-state index in [2.05, 4.69) is 10.0 Å². The van der Waals surface area contributed by atoms with E-state index in [1.807, 2.05) is 18.2 Å². The van der Waals surface area contributed by atoms with E-state index in [0.29, 0.717) is 12.1 Å². The molecule has 1 aliphatic heterocycles. The molecule has 1 heterocycles. The van der Waals surface area contributed by atoms with Crippen LogP contribution in [-0.4, -0.2) is 39.0 Å². The number of rotatable bonds is 7. The van der Waals surface area contributed by atoms with Crippen molar-refractivity contribution in [3.8, 4) is 0 Å². The smallest absolute Gasteiger partial charge is 0.233 e. The molecule has 1 saturated heterocycles. The molecule has 1 aliphatic rings. The van der Waals surface area contributed by atoms with Crippen LogP contribution < -0.4 is 10.0 Å². The van der Waals surface area contributed by atoms with Crippen molar-refractivity contribution in [2.24, 2.45) is 5.92 Å². The molecule has 1 unspecified atom stereocenters. The first kappa shape index (κ1) is 16.3. The number of piperidine rings is 1. The first-order valence-corrected chi connectivity index (χ1v) is 9.15. The molecule has 5 nitrogen and oxygen atoms in total. The van der Waals surface area contributed by atoms with Crippen molar-refractivity contribution >= 4 is 15.7 Å². The number of sulfonamides is 1. The molecule has 21 heavy (non-hydrogen) atoms. The zero-order valence-electron chi connectivity index (χ0n) is 12.2. The molecule has 0 aliphatic carbocycles. The highest BCUT2D eigenvalue weighted by molar-refractivity contribution is 7.92. The molecular weight excluding hydrogens is 288 g/mol. The molecule has 6 heteroatoms. The second kappa shape index (κ2) is 7.77. The van der Waals surface area contributed by atoms with Crippen molar-refractivity contribution in [1.82, 2.24) is 5.32 Å². The second-order valence-electron chi connectivity index (χ2n) is 5.62. The number of aliphatic hydroxyl groups excluding tert-OH is 1. The standard InChI is InChI=1S/C15H24N2O3S/c18-9-3-6-13-4-1-7-15(10-13)17-21(19,20)12-14-5-2-8-16-11-14/h1,4,7,10,14,16-18H,2-3,5-6,8-9,11-12H2. The SMILES string of the molecule is O=S(=O)(CC1CCCNC1)Nc1cccc(CCCO)c1. The molecule has 1 aromatic carbocycles. The summed E-state index contributed by atoms with van der Waals surface area (Å²) in [6.07, 6.45) is 3.43. The van der Waals surface area contributed by atoms with Gasteiger partial charge in [-0.05, 0) is 62.4 Å². The van der Waals surface area contributed by atoms with Crippen LogP contribution in [0.3, 0.4) is 0 Å². The molecule has 0 saturated carbocycles. The topological polar surface area (TPSA) is 78.4 Å². The summed E-state index contributed by atoms with van der Waals surface area (Å²) >= 11 is 0. The third-order valence-corrected chi connectivity index (χ3v) is 5.13. The van der Waals surface area contributed by atoms with Gasteiger partial charge in [-0.3, -0.25) is 4.72 Å². The van der Waals surface area contributed by atoms with Gasteiger partial charge >= 0.3 is 0 Å². The zero-order chi connectivity index (χ0) is 15.1. The third-order valence-electron chi connectivity index (χ3n) is 3.68. The maximum Gasteiger partial charge on any atom is 0.233 e. The molecule has 118 valence electrons. The Kier molecular flexibility index (Phi) is 6.02. The Balaban J connectivity index is 1.95. The van der Waals surface area contributed by atoms with Crippen molar-refractivity contribution < 1.29 is 13.5 Å². The van der Waals surface area contributed by atoms with E-state index in [1.165, 1.54) is 0 Å². The minimum Gasteiger partial charge on any atom is -0.396 e. The largest absolute Gasteiger partial charge is 0.396 e. The van der Waals surface area contributed by atoms with Crippen molar-refractivity contribution in [2.45, 2.75) is 25.7 Å². The fraction of sp³-hybridized carbons (Fsp3) is 0.600. The lowest BCUT2D eigenvalue weighted by Gasteiger charge is -2.22. The molecule has 0 bridgehead atoms. The van der Waals surface area contributed by atoms with Crippen molar-refractivity contribution in [1.29, 1.82) is 0 Å². The van der Waals surface area contributed by atoms with E-state index >= 15 is 0 Å². The summed E-state index contributed by atoms with van der Waals surface area (Å²) in [5.74, 6) is 0.356. The van der Waals surface area contributed by atoms with E-state index in [4.69, 9.17) is 5.11 Å². The predicted molar refractivity (Wildman–Crippen MR) is 84.9 cm³/mol. The normalized spacial score (nSPS) is 19.4. The molecule has 3 N–H and O–H groups in total. The number of hydrogen-bond donors (Lipinski definition) is 3. The molecule has 0 spiro atoms. The number of aryl methyl sites for hydroxylation is 1. The number of benzene rings is 1. The Hall–Kier alpha value is -1.11. The van der Waals surface area contributed by atoms with Crippen LogP contribution >= 0.6 is 0 Å². The van der Waals surface area contributed by atoms with Gasteiger partial charge in [0.1, 0.15) is 0 Å². The Morgan fingerprint density at radius 3 is 2.95 bits per heavy atom. The van der Waals surface area contributed by atoms with Crippen LogP contribution in [0, 0.1) is 5.92 Å². The van der Waals surface area contributed by atoms with Gasteiger partial charge in [0.15, 0.2) is 0 Å². The van der Waals surface area contributed by atoms with Gasteiger partial charge < -0.3 is 10.4 Å². The van der Waals surface area contributed by atoms with Crippen molar-refractivity contribution in [2.75, 3.05) is 30.2 Å².